The van der Waals surface area contributed by atoms with Crippen LogP contribution in [-0.2, 0) is 6.42 Å². The van der Waals surface area contributed by atoms with Crippen molar-refractivity contribution in [2.24, 2.45) is 0 Å². The predicted octanol–water partition coefficient (Wildman–Crippen LogP) is 2.46. The maximum atomic E-state index is 12.7. The van der Waals surface area contributed by atoms with Crippen molar-refractivity contribution in [1.82, 2.24) is 4.98 Å². The lowest BCUT2D eigenvalue weighted by Crippen LogP contribution is -2.05. The summed E-state index contributed by atoms with van der Waals surface area (Å²) < 4.78 is 12.7. The van der Waals surface area contributed by atoms with E-state index in [1.807, 2.05) is 6.07 Å². The van der Waals surface area contributed by atoms with Crippen molar-refractivity contribution < 1.29 is 4.39 Å². The molecular weight excluding hydrogens is 217 g/mol. The number of nitrogens with one attached hydrogen (secondary N) is 1. The lowest BCUT2D eigenvalue weighted by Gasteiger charge is -2.06. The maximum Gasteiger partial charge on any atom is 0.125 e. The molecule has 0 bridgehead atoms. The zero-order valence-corrected chi connectivity index (χ0v) is 9.36. The summed E-state index contributed by atoms with van der Waals surface area (Å²) in [5, 5.41) is 3.23. The van der Waals surface area contributed by atoms with Crippen molar-refractivity contribution >= 4 is 11.5 Å². The largest absolute Gasteiger partial charge is 0.385 e. The van der Waals surface area contributed by atoms with Gasteiger partial charge in [0.1, 0.15) is 11.6 Å². The Kier molecular flexibility index (Phi) is 3.55. The Hall–Kier alpha value is -2.10. The van der Waals surface area contributed by atoms with Gasteiger partial charge < -0.3 is 11.1 Å². The van der Waals surface area contributed by atoms with Crippen molar-refractivity contribution in [3.8, 4) is 0 Å². The van der Waals surface area contributed by atoms with Crippen LogP contribution in [0.4, 0.5) is 15.9 Å². The number of hydrogen-bond acceptors (Lipinski definition) is 3. The van der Waals surface area contributed by atoms with Gasteiger partial charge in [-0.2, -0.15) is 0 Å². The molecule has 17 heavy (non-hydrogen) atoms. The molecule has 0 fully saturated rings. The molecule has 0 unspecified atom stereocenters. The van der Waals surface area contributed by atoms with Crippen LogP contribution < -0.4 is 11.1 Å². The molecule has 4 heteroatoms. The van der Waals surface area contributed by atoms with Crippen LogP contribution in [0, 0.1) is 5.82 Å². The van der Waals surface area contributed by atoms with Crippen molar-refractivity contribution in [3.05, 3.63) is 54.0 Å². The van der Waals surface area contributed by atoms with Gasteiger partial charge in [-0.05, 0) is 30.2 Å². The molecule has 88 valence electrons. The van der Waals surface area contributed by atoms with Crippen molar-refractivity contribution in [2.75, 3.05) is 17.6 Å². The highest BCUT2D eigenvalue weighted by Gasteiger charge is 1.96. The Balaban J connectivity index is 1.85. The SMILES string of the molecule is Nc1cc(NCCc2ccc(F)cc2)ccn1. The molecule has 0 radical (unpaired) electrons. The Morgan fingerprint density at radius 2 is 1.94 bits per heavy atom. The third kappa shape index (κ3) is 3.45. The number of rotatable bonds is 4. The van der Waals surface area contributed by atoms with Crippen LogP contribution in [0.1, 0.15) is 5.56 Å². The van der Waals surface area contributed by atoms with E-state index in [1.54, 1.807) is 24.4 Å². The highest BCUT2D eigenvalue weighted by Crippen LogP contribution is 2.09. The van der Waals surface area contributed by atoms with Gasteiger partial charge in [0.2, 0.25) is 0 Å². The van der Waals surface area contributed by atoms with E-state index in [9.17, 15) is 4.39 Å². The minimum absolute atomic E-state index is 0.205. The van der Waals surface area contributed by atoms with Gasteiger partial charge in [0.25, 0.3) is 0 Å². The third-order valence-electron chi connectivity index (χ3n) is 2.44. The van der Waals surface area contributed by atoms with Crippen molar-refractivity contribution in [3.63, 3.8) is 0 Å². The summed E-state index contributed by atoms with van der Waals surface area (Å²) in [6.45, 7) is 0.773. The molecule has 0 amide bonds. The molecule has 0 aliphatic rings. The van der Waals surface area contributed by atoms with Crippen LogP contribution in [-0.4, -0.2) is 11.5 Å². The van der Waals surface area contributed by atoms with Gasteiger partial charge in [-0.3, -0.25) is 0 Å². The van der Waals surface area contributed by atoms with Crippen LogP contribution >= 0.6 is 0 Å². The van der Waals surface area contributed by atoms with Gasteiger partial charge >= 0.3 is 0 Å². The average Bonchev–Trinajstić information content (AvgIpc) is 2.32. The smallest absolute Gasteiger partial charge is 0.125 e. The Bertz CT molecular complexity index is 482. The zero-order chi connectivity index (χ0) is 12.1. The molecule has 0 spiro atoms. The van der Waals surface area contributed by atoms with E-state index in [0.717, 1.165) is 24.2 Å². The first-order chi connectivity index (χ1) is 8.24. The van der Waals surface area contributed by atoms with Crippen molar-refractivity contribution in [2.45, 2.75) is 6.42 Å². The van der Waals surface area contributed by atoms with Crippen LogP contribution in [0.15, 0.2) is 42.6 Å². The Labute approximate surface area is 99.5 Å². The molecular formula is C13H14FN3. The summed E-state index contributed by atoms with van der Waals surface area (Å²) in [6, 6.07) is 10.2. The maximum absolute atomic E-state index is 12.7. The minimum Gasteiger partial charge on any atom is -0.385 e. The number of hydrogen-bond donors (Lipinski definition) is 2. The van der Waals surface area contributed by atoms with E-state index in [0.29, 0.717) is 5.82 Å². The molecule has 1 aromatic carbocycles. The summed E-state index contributed by atoms with van der Waals surface area (Å²) >= 11 is 0. The molecule has 3 N–H and O–H groups in total. The van der Waals surface area contributed by atoms with Crippen molar-refractivity contribution in [1.29, 1.82) is 0 Å². The van der Waals surface area contributed by atoms with Gasteiger partial charge in [0.05, 0.1) is 0 Å². The first-order valence-electron chi connectivity index (χ1n) is 5.44. The molecule has 2 aromatic rings. The molecule has 0 atom stereocenters. The molecule has 0 saturated carbocycles. The number of halogens is 1. The van der Waals surface area contributed by atoms with E-state index in [1.165, 1.54) is 12.1 Å². The van der Waals surface area contributed by atoms with Gasteiger partial charge in [-0.15, -0.1) is 0 Å². The van der Waals surface area contributed by atoms with E-state index in [4.69, 9.17) is 5.73 Å². The Morgan fingerprint density at radius 1 is 1.18 bits per heavy atom. The van der Waals surface area contributed by atoms with E-state index >= 15 is 0 Å². The average molecular weight is 231 g/mol. The van der Waals surface area contributed by atoms with Gasteiger partial charge in [0.15, 0.2) is 0 Å². The molecule has 2 rings (SSSR count). The highest BCUT2D eigenvalue weighted by molar-refractivity contribution is 5.49. The summed E-state index contributed by atoms with van der Waals surface area (Å²) in [6.07, 6.45) is 2.50. The second kappa shape index (κ2) is 5.30. The first kappa shape index (κ1) is 11.4. The molecule has 1 aromatic heterocycles. The normalized spacial score (nSPS) is 10.2. The summed E-state index contributed by atoms with van der Waals surface area (Å²) in [5.41, 5.74) is 7.61. The number of benzene rings is 1. The van der Waals surface area contributed by atoms with Crippen LogP contribution in [0.5, 0.6) is 0 Å². The van der Waals surface area contributed by atoms with Gasteiger partial charge in [-0.25, -0.2) is 9.37 Å². The number of anilines is 2. The first-order valence-corrected chi connectivity index (χ1v) is 5.44. The molecule has 0 aliphatic heterocycles. The monoisotopic (exact) mass is 231 g/mol. The second-order valence-electron chi connectivity index (χ2n) is 3.77. The minimum atomic E-state index is -0.205. The number of nitrogen functional groups attached to an aromatic ring is 1. The molecule has 0 saturated heterocycles. The molecule has 3 nitrogen and oxygen atoms in total. The van der Waals surface area contributed by atoms with E-state index in [2.05, 4.69) is 10.3 Å². The Morgan fingerprint density at radius 3 is 2.65 bits per heavy atom. The zero-order valence-electron chi connectivity index (χ0n) is 9.36. The quantitative estimate of drug-likeness (QED) is 0.849. The van der Waals surface area contributed by atoms with E-state index in [-0.39, 0.29) is 5.82 Å². The second-order valence-corrected chi connectivity index (χ2v) is 3.77. The van der Waals surface area contributed by atoms with Crippen LogP contribution in [0.3, 0.4) is 0 Å². The fourth-order valence-electron chi connectivity index (χ4n) is 1.56. The topological polar surface area (TPSA) is 50.9 Å². The fourth-order valence-corrected chi connectivity index (χ4v) is 1.56. The number of aromatic nitrogens is 1. The van der Waals surface area contributed by atoms with Gasteiger partial charge in [-0.1, -0.05) is 12.1 Å². The summed E-state index contributed by atoms with van der Waals surface area (Å²) in [5.74, 6) is 0.292. The third-order valence-corrected chi connectivity index (χ3v) is 2.44. The van der Waals surface area contributed by atoms with Gasteiger partial charge in [0, 0.05) is 24.5 Å². The van der Waals surface area contributed by atoms with Crippen LogP contribution in [0.25, 0.3) is 0 Å². The number of nitrogens with zero attached hydrogens (tertiary/aromatic N) is 1. The lowest BCUT2D eigenvalue weighted by atomic mass is 10.1. The summed E-state index contributed by atoms with van der Waals surface area (Å²) in [7, 11) is 0. The fraction of sp³-hybridized carbons (Fsp3) is 0.154. The summed E-state index contributed by atoms with van der Waals surface area (Å²) in [4.78, 5) is 3.91. The van der Waals surface area contributed by atoms with Crippen LogP contribution in [0.2, 0.25) is 0 Å². The number of nitrogens with two attached hydrogens (primary N) is 1. The molecule has 1 heterocycles. The number of pyridine rings is 1. The van der Waals surface area contributed by atoms with E-state index < -0.39 is 0 Å². The standard InChI is InChI=1S/C13H14FN3/c14-11-3-1-10(2-4-11)5-7-16-12-6-8-17-13(15)9-12/h1-4,6,8-9H,5,7H2,(H3,15,16,17). The lowest BCUT2D eigenvalue weighted by molar-refractivity contribution is 0.627. The molecule has 0 aliphatic carbocycles. The predicted molar refractivity (Wildman–Crippen MR) is 67.2 cm³/mol. The highest BCUT2D eigenvalue weighted by atomic mass is 19.1.